The lowest BCUT2D eigenvalue weighted by atomic mass is 9.82. The van der Waals surface area contributed by atoms with Crippen LogP contribution in [0, 0.1) is 0 Å². The predicted molar refractivity (Wildman–Crippen MR) is 91.5 cm³/mol. The predicted octanol–water partition coefficient (Wildman–Crippen LogP) is 2.13. The summed E-state index contributed by atoms with van der Waals surface area (Å²) in [5.74, 6) is 0.616. The summed E-state index contributed by atoms with van der Waals surface area (Å²) >= 11 is 0. The van der Waals surface area contributed by atoms with Crippen molar-refractivity contribution in [2.75, 3.05) is 0 Å². The Morgan fingerprint density at radius 3 is 2.83 bits per heavy atom. The Kier molecular flexibility index (Phi) is 4.41. The van der Waals surface area contributed by atoms with Crippen LogP contribution < -0.4 is 5.32 Å². The van der Waals surface area contributed by atoms with Crippen molar-refractivity contribution in [1.82, 2.24) is 24.9 Å². The van der Waals surface area contributed by atoms with E-state index in [0.29, 0.717) is 5.92 Å². The van der Waals surface area contributed by atoms with Crippen molar-refractivity contribution in [3.8, 4) is 0 Å². The van der Waals surface area contributed by atoms with Crippen molar-refractivity contribution in [1.29, 1.82) is 0 Å². The lowest BCUT2D eigenvalue weighted by Crippen LogP contribution is -2.54. The van der Waals surface area contributed by atoms with E-state index >= 15 is 0 Å². The normalized spacial score (nSPS) is 28.0. The highest BCUT2D eigenvalue weighted by molar-refractivity contribution is 5.22. The topological polar surface area (TPSA) is 67.9 Å². The molecule has 6 heteroatoms. The largest absolute Gasteiger partial charge is 0.391 e. The lowest BCUT2D eigenvalue weighted by Gasteiger charge is -2.42. The number of aryl methyl sites for hydroxylation is 1. The van der Waals surface area contributed by atoms with Crippen molar-refractivity contribution < 1.29 is 5.11 Å². The molecule has 2 aromatic rings. The SMILES string of the molecule is Cn1cc(CN[C@H]2C[C@@H](O)[C@@H]2n2cccn2)c(C2CCCCC2)n1. The zero-order valence-electron chi connectivity index (χ0n) is 14.3. The Labute approximate surface area is 142 Å². The van der Waals surface area contributed by atoms with Gasteiger partial charge in [0.15, 0.2) is 0 Å². The van der Waals surface area contributed by atoms with Gasteiger partial charge in [-0.3, -0.25) is 9.36 Å². The highest BCUT2D eigenvalue weighted by Crippen LogP contribution is 2.35. The van der Waals surface area contributed by atoms with Crippen LogP contribution in [0.2, 0.25) is 0 Å². The third-order valence-electron chi connectivity index (χ3n) is 5.62. The highest BCUT2D eigenvalue weighted by atomic mass is 16.3. The summed E-state index contributed by atoms with van der Waals surface area (Å²) in [6, 6.07) is 2.21. The molecule has 130 valence electrons. The molecule has 0 bridgehead atoms. The minimum absolute atomic E-state index is 0.0369. The van der Waals surface area contributed by atoms with E-state index in [1.807, 2.05) is 28.7 Å². The van der Waals surface area contributed by atoms with Crippen molar-refractivity contribution in [3.63, 3.8) is 0 Å². The molecule has 2 aromatic heterocycles. The van der Waals surface area contributed by atoms with E-state index in [1.54, 1.807) is 6.20 Å². The maximum atomic E-state index is 10.1. The second-order valence-electron chi connectivity index (χ2n) is 7.32. The van der Waals surface area contributed by atoms with Crippen LogP contribution in [0.15, 0.2) is 24.7 Å². The van der Waals surface area contributed by atoms with Crippen molar-refractivity contribution in [2.24, 2.45) is 7.05 Å². The summed E-state index contributed by atoms with van der Waals surface area (Å²) in [6.07, 6.45) is 12.9. The van der Waals surface area contributed by atoms with Gasteiger partial charge < -0.3 is 10.4 Å². The van der Waals surface area contributed by atoms with Crippen molar-refractivity contribution >= 4 is 0 Å². The monoisotopic (exact) mass is 329 g/mol. The molecule has 6 nitrogen and oxygen atoms in total. The summed E-state index contributed by atoms with van der Waals surface area (Å²) in [5.41, 5.74) is 2.59. The molecule has 0 aliphatic heterocycles. The summed E-state index contributed by atoms with van der Waals surface area (Å²) in [6.45, 7) is 0.814. The summed E-state index contributed by atoms with van der Waals surface area (Å²) in [5, 5.41) is 22.8. The fraction of sp³-hybridized carbons (Fsp3) is 0.667. The first-order chi connectivity index (χ1) is 11.7. The molecule has 0 unspecified atom stereocenters. The second-order valence-corrected chi connectivity index (χ2v) is 7.32. The molecular weight excluding hydrogens is 302 g/mol. The first-order valence-corrected chi connectivity index (χ1v) is 9.15. The van der Waals surface area contributed by atoms with E-state index in [0.717, 1.165) is 13.0 Å². The first kappa shape index (κ1) is 15.8. The van der Waals surface area contributed by atoms with E-state index < -0.39 is 0 Å². The lowest BCUT2D eigenvalue weighted by molar-refractivity contribution is -0.00825. The number of nitrogens with zero attached hydrogens (tertiary/aromatic N) is 4. The fourth-order valence-electron chi connectivity index (χ4n) is 4.28. The molecule has 3 atom stereocenters. The van der Waals surface area contributed by atoms with E-state index in [-0.39, 0.29) is 18.2 Å². The van der Waals surface area contributed by atoms with E-state index in [2.05, 4.69) is 16.6 Å². The quantitative estimate of drug-likeness (QED) is 0.882. The van der Waals surface area contributed by atoms with Crippen LogP contribution >= 0.6 is 0 Å². The average Bonchev–Trinajstić information content (AvgIpc) is 3.21. The minimum atomic E-state index is -0.311. The third-order valence-corrected chi connectivity index (χ3v) is 5.62. The maximum absolute atomic E-state index is 10.1. The van der Waals surface area contributed by atoms with Gasteiger partial charge in [-0.15, -0.1) is 0 Å². The highest BCUT2D eigenvalue weighted by Gasteiger charge is 2.41. The summed E-state index contributed by atoms with van der Waals surface area (Å²) in [4.78, 5) is 0. The number of rotatable bonds is 5. The number of aromatic nitrogens is 4. The van der Waals surface area contributed by atoms with Gasteiger partial charge in [-0.2, -0.15) is 10.2 Å². The zero-order valence-corrected chi connectivity index (χ0v) is 14.3. The first-order valence-electron chi connectivity index (χ1n) is 9.15. The third kappa shape index (κ3) is 3.00. The van der Waals surface area contributed by atoms with E-state index in [9.17, 15) is 5.11 Å². The van der Waals surface area contributed by atoms with Crippen molar-refractivity contribution in [2.45, 2.75) is 69.2 Å². The molecule has 0 saturated heterocycles. The number of aliphatic hydroxyl groups is 1. The van der Waals surface area contributed by atoms with Gasteiger partial charge >= 0.3 is 0 Å². The number of hydrogen-bond acceptors (Lipinski definition) is 4. The maximum Gasteiger partial charge on any atom is 0.0932 e. The smallest absolute Gasteiger partial charge is 0.0932 e. The van der Waals surface area contributed by atoms with Gasteiger partial charge in [0.2, 0.25) is 0 Å². The molecule has 4 rings (SSSR count). The molecule has 2 fully saturated rings. The Balaban J connectivity index is 1.43. The average molecular weight is 329 g/mol. The van der Waals surface area contributed by atoms with Crippen molar-refractivity contribution in [3.05, 3.63) is 35.9 Å². The van der Waals surface area contributed by atoms with Crippen LogP contribution in [-0.4, -0.2) is 36.8 Å². The fourth-order valence-corrected chi connectivity index (χ4v) is 4.28. The van der Waals surface area contributed by atoms with Crippen LogP contribution in [0.5, 0.6) is 0 Å². The molecule has 2 heterocycles. The molecule has 0 aromatic carbocycles. The van der Waals surface area contributed by atoms with Crippen LogP contribution in [0.3, 0.4) is 0 Å². The van der Waals surface area contributed by atoms with Gasteiger partial charge in [-0.1, -0.05) is 19.3 Å². The molecule has 2 saturated carbocycles. The van der Waals surface area contributed by atoms with Gasteiger partial charge in [0.1, 0.15) is 0 Å². The molecule has 0 radical (unpaired) electrons. The number of aliphatic hydroxyl groups excluding tert-OH is 1. The Morgan fingerprint density at radius 1 is 1.29 bits per heavy atom. The standard InChI is InChI=1S/C18H27N5O/c1-22-12-14(17(21-22)13-6-3-2-4-7-13)11-19-15-10-16(24)18(15)23-9-5-8-20-23/h5,8-9,12-13,15-16,18-19,24H,2-4,6-7,10-11H2,1H3/t15-,16+,18+/m0/s1. The zero-order chi connectivity index (χ0) is 16.5. The molecule has 2 aliphatic carbocycles. The molecule has 0 spiro atoms. The summed E-state index contributed by atoms with van der Waals surface area (Å²) in [7, 11) is 2.01. The van der Waals surface area contributed by atoms with Crippen LogP contribution in [-0.2, 0) is 13.6 Å². The Hall–Kier alpha value is -1.66. The molecule has 24 heavy (non-hydrogen) atoms. The van der Waals surface area contributed by atoms with E-state index in [4.69, 9.17) is 5.10 Å². The molecule has 2 N–H and O–H groups in total. The van der Waals surface area contributed by atoms with Gasteiger partial charge in [-0.25, -0.2) is 0 Å². The molecular formula is C18H27N5O. The van der Waals surface area contributed by atoms with Gasteiger partial charge in [0.05, 0.1) is 17.8 Å². The van der Waals surface area contributed by atoms with Gasteiger partial charge in [0, 0.05) is 49.7 Å². The molecule has 0 amide bonds. The summed E-state index contributed by atoms with van der Waals surface area (Å²) < 4.78 is 3.82. The van der Waals surface area contributed by atoms with Crippen LogP contribution in [0.1, 0.15) is 61.7 Å². The minimum Gasteiger partial charge on any atom is -0.391 e. The van der Waals surface area contributed by atoms with Gasteiger partial charge in [0.25, 0.3) is 0 Å². The Morgan fingerprint density at radius 2 is 2.12 bits per heavy atom. The van der Waals surface area contributed by atoms with Gasteiger partial charge in [-0.05, 0) is 25.3 Å². The van der Waals surface area contributed by atoms with E-state index in [1.165, 1.54) is 43.4 Å². The Bertz CT molecular complexity index is 659. The second kappa shape index (κ2) is 6.69. The number of nitrogens with one attached hydrogen (secondary N) is 1. The number of hydrogen-bond donors (Lipinski definition) is 2. The molecule has 2 aliphatic rings. The van der Waals surface area contributed by atoms with Crippen LogP contribution in [0.25, 0.3) is 0 Å². The van der Waals surface area contributed by atoms with Crippen LogP contribution in [0.4, 0.5) is 0 Å².